The van der Waals surface area contributed by atoms with Crippen LogP contribution in [0.3, 0.4) is 0 Å². The highest BCUT2D eigenvalue weighted by molar-refractivity contribution is 7.98. The summed E-state index contributed by atoms with van der Waals surface area (Å²) in [6.45, 7) is 6.99. The molecule has 0 saturated heterocycles. The van der Waals surface area contributed by atoms with E-state index in [0.29, 0.717) is 17.5 Å². The van der Waals surface area contributed by atoms with Crippen molar-refractivity contribution >= 4 is 23.1 Å². The summed E-state index contributed by atoms with van der Waals surface area (Å²) < 4.78 is 7.98. The van der Waals surface area contributed by atoms with E-state index in [1.807, 2.05) is 25.1 Å². The molecule has 0 N–H and O–H groups in total. The second-order valence-corrected chi connectivity index (χ2v) is 8.54. The first-order chi connectivity index (χ1) is 13.6. The number of thioether (sulfide) groups is 1. The number of aromatic nitrogens is 5. The van der Waals surface area contributed by atoms with Gasteiger partial charge in [0.05, 0.1) is 17.2 Å². The van der Waals surface area contributed by atoms with Crippen LogP contribution >= 0.6 is 23.1 Å². The molecule has 0 saturated carbocycles. The van der Waals surface area contributed by atoms with Crippen molar-refractivity contribution in [2.24, 2.45) is 0 Å². The third-order valence-electron chi connectivity index (χ3n) is 4.43. The lowest BCUT2D eigenvalue weighted by molar-refractivity contribution is 0.529. The van der Waals surface area contributed by atoms with Crippen molar-refractivity contribution in [3.05, 3.63) is 64.1 Å². The maximum atomic E-state index is 5.88. The zero-order chi connectivity index (χ0) is 19.5. The molecule has 0 spiro atoms. The molecule has 1 aromatic carbocycles. The van der Waals surface area contributed by atoms with Crippen LogP contribution in [0.2, 0.25) is 0 Å². The van der Waals surface area contributed by atoms with E-state index in [2.05, 4.69) is 57.0 Å². The standard InChI is InChI=1S/C20H21N5OS2/c1-4-16-13(2)10-17(28-16)19-23-22-18(26-19)12-27-20-24-21-14(3)25(20)11-15-8-6-5-7-9-15/h5-10H,4,11-12H2,1-3H3. The molecular formula is C20H21N5OS2. The van der Waals surface area contributed by atoms with Gasteiger partial charge in [0, 0.05) is 4.88 Å². The summed E-state index contributed by atoms with van der Waals surface area (Å²) in [5, 5.41) is 17.8. The van der Waals surface area contributed by atoms with Crippen molar-refractivity contribution in [3.8, 4) is 10.8 Å². The lowest BCUT2D eigenvalue weighted by atomic mass is 10.2. The smallest absolute Gasteiger partial charge is 0.257 e. The molecule has 0 radical (unpaired) electrons. The Bertz CT molecular complexity index is 1070. The first-order valence-electron chi connectivity index (χ1n) is 9.12. The summed E-state index contributed by atoms with van der Waals surface area (Å²) in [6, 6.07) is 12.4. The highest BCUT2D eigenvalue weighted by atomic mass is 32.2. The molecule has 144 valence electrons. The second kappa shape index (κ2) is 8.28. The molecule has 0 fully saturated rings. The normalized spacial score (nSPS) is 11.2. The van der Waals surface area contributed by atoms with Crippen molar-refractivity contribution in [1.29, 1.82) is 0 Å². The quantitative estimate of drug-likeness (QED) is 0.403. The van der Waals surface area contributed by atoms with Gasteiger partial charge in [0.2, 0.25) is 5.89 Å². The molecule has 0 aliphatic heterocycles. The van der Waals surface area contributed by atoms with Crippen molar-refractivity contribution in [2.45, 2.75) is 44.6 Å². The summed E-state index contributed by atoms with van der Waals surface area (Å²) in [6.07, 6.45) is 1.02. The topological polar surface area (TPSA) is 69.6 Å². The van der Waals surface area contributed by atoms with E-state index in [1.165, 1.54) is 16.0 Å². The molecule has 3 heterocycles. The van der Waals surface area contributed by atoms with Crippen LogP contribution in [0.15, 0.2) is 46.0 Å². The zero-order valence-corrected chi connectivity index (χ0v) is 17.7. The van der Waals surface area contributed by atoms with Gasteiger partial charge in [0.1, 0.15) is 5.82 Å². The highest BCUT2D eigenvalue weighted by Crippen LogP contribution is 2.31. The maximum Gasteiger partial charge on any atom is 0.257 e. The fourth-order valence-corrected chi connectivity index (χ4v) is 4.79. The van der Waals surface area contributed by atoms with Gasteiger partial charge in [-0.25, -0.2) is 0 Å². The Balaban J connectivity index is 1.46. The Labute approximate surface area is 172 Å². The lowest BCUT2D eigenvalue weighted by Gasteiger charge is -2.07. The first kappa shape index (κ1) is 18.9. The Morgan fingerprint density at radius 3 is 2.64 bits per heavy atom. The van der Waals surface area contributed by atoms with Crippen LogP contribution in [0.1, 0.15) is 34.6 Å². The molecule has 0 aliphatic rings. The lowest BCUT2D eigenvalue weighted by Crippen LogP contribution is -2.03. The summed E-state index contributed by atoms with van der Waals surface area (Å²) >= 11 is 3.28. The Morgan fingerprint density at radius 1 is 1.07 bits per heavy atom. The Kier molecular flexibility index (Phi) is 5.59. The van der Waals surface area contributed by atoms with E-state index >= 15 is 0 Å². The molecule has 0 amide bonds. The number of hydrogen-bond donors (Lipinski definition) is 0. The van der Waals surface area contributed by atoms with E-state index < -0.39 is 0 Å². The molecule has 4 aromatic rings. The van der Waals surface area contributed by atoms with Gasteiger partial charge in [0.25, 0.3) is 5.89 Å². The monoisotopic (exact) mass is 411 g/mol. The largest absolute Gasteiger partial charge is 0.419 e. The average molecular weight is 412 g/mol. The van der Waals surface area contributed by atoms with Crippen LogP contribution in [0.5, 0.6) is 0 Å². The Hall–Kier alpha value is -2.45. The number of aryl methyl sites for hydroxylation is 3. The van der Waals surface area contributed by atoms with Crippen LogP contribution in [-0.4, -0.2) is 25.0 Å². The van der Waals surface area contributed by atoms with Gasteiger partial charge in [-0.3, -0.25) is 0 Å². The fourth-order valence-electron chi connectivity index (χ4n) is 2.93. The van der Waals surface area contributed by atoms with Crippen LogP contribution in [-0.2, 0) is 18.7 Å². The van der Waals surface area contributed by atoms with Gasteiger partial charge in [0.15, 0.2) is 5.16 Å². The van der Waals surface area contributed by atoms with E-state index in [0.717, 1.165) is 28.8 Å². The second-order valence-electron chi connectivity index (χ2n) is 6.46. The van der Waals surface area contributed by atoms with E-state index in [-0.39, 0.29) is 0 Å². The minimum Gasteiger partial charge on any atom is -0.419 e. The molecule has 3 aromatic heterocycles. The van der Waals surface area contributed by atoms with Gasteiger partial charge in [-0.05, 0) is 37.5 Å². The van der Waals surface area contributed by atoms with E-state index in [1.54, 1.807) is 23.1 Å². The van der Waals surface area contributed by atoms with Crippen molar-refractivity contribution in [2.75, 3.05) is 0 Å². The van der Waals surface area contributed by atoms with Gasteiger partial charge in [-0.1, -0.05) is 49.0 Å². The minimum absolute atomic E-state index is 0.560. The SMILES string of the molecule is CCc1sc(-c2nnc(CSc3nnc(C)n3Cc3ccccc3)o2)cc1C. The summed E-state index contributed by atoms with van der Waals surface area (Å²) in [4.78, 5) is 2.38. The first-order valence-corrected chi connectivity index (χ1v) is 10.9. The molecule has 6 nitrogen and oxygen atoms in total. The zero-order valence-electron chi connectivity index (χ0n) is 16.0. The van der Waals surface area contributed by atoms with Crippen molar-refractivity contribution in [3.63, 3.8) is 0 Å². The molecular weight excluding hydrogens is 390 g/mol. The van der Waals surface area contributed by atoms with Crippen LogP contribution in [0, 0.1) is 13.8 Å². The van der Waals surface area contributed by atoms with Gasteiger partial charge >= 0.3 is 0 Å². The average Bonchev–Trinajstić information content (AvgIpc) is 3.41. The minimum atomic E-state index is 0.560. The van der Waals surface area contributed by atoms with Gasteiger partial charge < -0.3 is 8.98 Å². The maximum absolute atomic E-state index is 5.88. The number of thiophene rings is 1. The molecule has 0 unspecified atom stereocenters. The predicted molar refractivity (Wildman–Crippen MR) is 112 cm³/mol. The molecule has 0 bridgehead atoms. The number of hydrogen-bond acceptors (Lipinski definition) is 7. The molecule has 0 atom stereocenters. The molecule has 0 aliphatic carbocycles. The fraction of sp³-hybridized carbons (Fsp3) is 0.300. The number of nitrogens with zero attached hydrogens (tertiary/aromatic N) is 5. The van der Waals surface area contributed by atoms with Crippen molar-refractivity contribution in [1.82, 2.24) is 25.0 Å². The van der Waals surface area contributed by atoms with Crippen LogP contribution < -0.4 is 0 Å². The summed E-state index contributed by atoms with van der Waals surface area (Å²) in [5.74, 6) is 2.63. The molecule has 28 heavy (non-hydrogen) atoms. The highest BCUT2D eigenvalue weighted by Gasteiger charge is 2.15. The van der Waals surface area contributed by atoms with E-state index in [9.17, 15) is 0 Å². The van der Waals surface area contributed by atoms with E-state index in [4.69, 9.17) is 4.42 Å². The summed E-state index contributed by atoms with van der Waals surface area (Å²) in [5.41, 5.74) is 2.49. The van der Waals surface area contributed by atoms with Crippen LogP contribution in [0.4, 0.5) is 0 Å². The predicted octanol–water partition coefficient (Wildman–Crippen LogP) is 4.91. The summed E-state index contributed by atoms with van der Waals surface area (Å²) in [7, 11) is 0. The number of rotatable bonds is 7. The third kappa shape index (κ3) is 4.02. The van der Waals surface area contributed by atoms with Crippen molar-refractivity contribution < 1.29 is 4.42 Å². The number of benzene rings is 1. The van der Waals surface area contributed by atoms with Gasteiger partial charge in [-0.15, -0.1) is 31.7 Å². The molecule has 8 heteroatoms. The Morgan fingerprint density at radius 2 is 1.89 bits per heavy atom. The third-order valence-corrected chi connectivity index (χ3v) is 6.75. The molecule has 4 rings (SSSR count). The van der Waals surface area contributed by atoms with Gasteiger partial charge in [-0.2, -0.15) is 0 Å². The van der Waals surface area contributed by atoms with Crippen LogP contribution in [0.25, 0.3) is 10.8 Å².